The zero-order valence-electron chi connectivity index (χ0n) is 9.45. The highest BCUT2D eigenvalue weighted by Gasteiger charge is 2.38. The first-order valence-corrected chi connectivity index (χ1v) is 5.61. The third-order valence-corrected chi connectivity index (χ3v) is 3.23. The Morgan fingerprint density at radius 1 is 1.47 bits per heavy atom. The van der Waals surface area contributed by atoms with Gasteiger partial charge in [0, 0.05) is 6.61 Å². The molecule has 2 atom stereocenters. The van der Waals surface area contributed by atoms with Crippen LogP contribution in [0.1, 0.15) is 38.0 Å². The highest BCUT2D eigenvalue weighted by molar-refractivity contribution is 5.10. The SMILES string of the molecule is CNC(c1ccco1)C1(C)CCCCO1. The molecule has 0 amide bonds. The van der Waals surface area contributed by atoms with Crippen LogP contribution in [0.25, 0.3) is 0 Å². The molecule has 1 fully saturated rings. The summed E-state index contributed by atoms with van der Waals surface area (Å²) in [6.45, 7) is 3.02. The van der Waals surface area contributed by atoms with Crippen molar-refractivity contribution in [2.24, 2.45) is 0 Å². The number of furan rings is 1. The van der Waals surface area contributed by atoms with Crippen LogP contribution in [0.15, 0.2) is 22.8 Å². The minimum atomic E-state index is -0.134. The predicted molar refractivity (Wildman–Crippen MR) is 58.7 cm³/mol. The maximum Gasteiger partial charge on any atom is 0.123 e. The molecule has 0 aromatic carbocycles. The molecule has 84 valence electrons. The van der Waals surface area contributed by atoms with E-state index in [0.717, 1.165) is 18.8 Å². The molecule has 2 heterocycles. The summed E-state index contributed by atoms with van der Waals surface area (Å²) in [5.74, 6) is 0.960. The number of ether oxygens (including phenoxy) is 1. The maximum atomic E-state index is 5.92. The van der Waals surface area contributed by atoms with Crippen molar-refractivity contribution in [2.75, 3.05) is 13.7 Å². The van der Waals surface area contributed by atoms with Crippen molar-refractivity contribution in [3.05, 3.63) is 24.2 Å². The van der Waals surface area contributed by atoms with Gasteiger partial charge in [-0.15, -0.1) is 0 Å². The summed E-state index contributed by atoms with van der Waals surface area (Å²) in [6, 6.07) is 4.07. The highest BCUT2D eigenvalue weighted by atomic mass is 16.5. The van der Waals surface area contributed by atoms with Gasteiger partial charge in [-0.25, -0.2) is 0 Å². The van der Waals surface area contributed by atoms with E-state index in [9.17, 15) is 0 Å². The van der Waals surface area contributed by atoms with Gasteiger partial charge in [0.1, 0.15) is 5.76 Å². The minimum Gasteiger partial charge on any atom is -0.468 e. The molecule has 1 aliphatic heterocycles. The van der Waals surface area contributed by atoms with Crippen molar-refractivity contribution in [1.29, 1.82) is 0 Å². The third-order valence-electron chi connectivity index (χ3n) is 3.23. The summed E-state index contributed by atoms with van der Waals surface area (Å²) in [6.07, 6.45) is 5.20. The largest absolute Gasteiger partial charge is 0.468 e. The Balaban J connectivity index is 2.18. The van der Waals surface area contributed by atoms with Crippen LogP contribution in [-0.2, 0) is 4.74 Å². The van der Waals surface area contributed by atoms with Gasteiger partial charge < -0.3 is 14.5 Å². The lowest BCUT2D eigenvalue weighted by Gasteiger charge is -2.39. The lowest BCUT2D eigenvalue weighted by molar-refractivity contribution is -0.0921. The highest BCUT2D eigenvalue weighted by Crippen LogP contribution is 2.36. The molecule has 1 N–H and O–H groups in total. The van der Waals surface area contributed by atoms with Crippen LogP contribution in [0.5, 0.6) is 0 Å². The van der Waals surface area contributed by atoms with E-state index in [-0.39, 0.29) is 11.6 Å². The zero-order valence-corrected chi connectivity index (χ0v) is 9.45. The van der Waals surface area contributed by atoms with E-state index >= 15 is 0 Å². The predicted octanol–water partition coefficient (Wildman–Crippen LogP) is 2.50. The molecule has 0 spiro atoms. The average Bonchev–Trinajstić information content (AvgIpc) is 2.73. The van der Waals surface area contributed by atoms with E-state index in [0.29, 0.717) is 0 Å². The van der Waals surface area contributed by atoms with Gasteiger partial charge in [-0.3, -0.25) is 0 Å². The number of hydrogen-bond donors (Lipinski definition) is 1. The van der Waals surface area contributed by atoms with Gasteiger partial charge in [0.15, 0.2) is 0 Å². The lowest BCUT2D eigenvalue weighted by atomic mass is 9.87. The van der Waals surface area contributed by atoms with Gasteiger partial charge in [0.05, 0.1) is 17.9 Å². The van der Waals surface area contributed by atoms with Gasteiger partial charge in [0.2, 0.25) is 0 Å². The standard InChI is InChI=1S/C12H19NO2/c1-12(7-3-4-9-15-12)11(13-2)10-6-5-8-14-10/h5-6,8,11,13H,3-4,7,9H2,1-2H3. The second-order valence-electron chi connectivity index (χ2n) is 4.36. The third kappa shape index (κ3) is 2.08. The van der Waals surface area contributed by atoms with Crippen molar-refractivity contribution < 1.29 is 9.15 Å². The smallest absolute Gasteiger partial charge is 0.123 e. The van der Waals surface area contributed by atoms with Crippen molar-refractivity contribution in [3.8, 4) is 0 Å². The normalized spacial score (nSPS) is 28.9. The molecular weight excluding hydrogens is 190 g/mol. The van der Waals surface area contributed by atoms with E-state index in [2.05, 4.69) is 12.2 Å². The van der Waals surface area contributed by atoms with Gasteiger partial charge in [-0.05, 0) is 45.4 Å². The maximum absolute atomic E-state index is 5.92. The zero-order chi connectivity index (χ0) is 10.7. The molecular formula is C12H19NO2. The molecule has 1 saturated heterocycles. The van der Waals surface area contributed by atoms with E-state index in [1.165, 1.54) is 12.8 Å². The van der Waals surface area contributed by atoms with Crippen LogP contribution in [0.3, 0.4) is 0 Å². The quantitative estimate of drug-likeness (QED) is 0.830. The van der Waals surface area contributed by atoms with Crippen molar-refractivity contribution in [2.45, 2.75) is 37.8 Å². The molecule has 15 heavy (non-hydrogen) atoms. The number of likely N-dealkylation sites (N-methyl/N-ethyl adjacent to an activating group) is 1. The Morgan fingerprint density at radius 2 is 2.33 bits per heavy atom. The van der Waals surface area contributed by atoms with Gasteiger partial charge in [-0.2, -0.15) is 0 Å². The second-order valence-corrected chi connectivity index (χ2v) is 4.36. The van der Waals surface area contributed by atoms with Crippen LogP contribution in [-0.4, -0.2) is 19.3 Å². The summed E-state index contributed by atoms with van der Waals surface area (Å²) in [4.78, 5) is 0. The van der Waals surface area contributed by atoms with Crippen LogP contribution >= 0.6 is 0 Å². The first kappa shape index (κ1) is 10.7. The van der Waals surface area contributed by atoms with Gasteiger partial charge in [0.25, 0.3) is 0 Å². The summed E-state index contributed by atoms with van der Waals surface area (Å²) < 4.78 is 11.4. The molecule has 1 aromatic heterocycles. The first-order chi connectivity index (χ1) is 7.26. The monoisotopic (exact) mass is 209 g/mol. The fraction of sp³-hybridized carbons (Fsp3) is 0.667. The summed E-state index contributed by atoms with van der Waals surface area (Å²) >= 11 is 0. The van der Waals surface area contributed by atoms with Crippen LogP contribution in [0.2, 0.25) is 0 Å². The molecule has 0 aliphatic carbocycles. The summed E-state index contributed by atoms with van der Waals surface area (Å²) in [7, 11) is 1.95. The fourth-order valence-electron chi connectivity index (χ4n) is 2.39. The summed E-state index contributed by atoms with van der Waals surface area (Å²) in [5.41, 5.74) is -0.134. The average molecular weight is 209 g/mol. The Kier molecular flexibility index (Phi) is 3.12. The molecule has 0 saturated carbocycles. The lowest BCUT2D eigenvalue weighted by Crippen LogP contribution is -2.44. The Labute approximate surface area is 90.8 Å². The first-order valence-electron chi connectivity index (χ1n) is 5.61. The van der Waals surface area contributed by atoms with Gasteiger partial charge >= 0.3 is 0 Å². The second kappa shape index (κ2) is 4.37. The number of rotatable bonds is 3. The van der Waals surface area contributed by atoms with Crippen molar-refractivity contribution in [3.63, 3.8) is 0 Å². The number of nitrogens with one attached hydrogen (secondary N) is 1. The van der Waals surface area contributed by atoms with Gasteiger partial charge in [-0.1, -0.05) is 0 Å². The molecule has 1 aliphatic rings. The van der Waals surface area contributed by atoms with Crippen LogP contribution in [0.4, 0.5) is 0 Å². The van der Waals surface area contributed by atoms with Crippen molar-refractivity contribution in [1.82, 2.24) is 5.32 Å². The Bertz CT molecular complexity index is 289. The van der Waals surface area contributed by atoms with Crippen molar-refractivity contribution >= 4 is 0 Å². The summed E-state index contributed by atoms with van der Waals surface area (Å²) in [5, 5.41) is 3.30. The molecule has 0 bridgehead atoms. The Morgan fingerprint density at radius 3 is 2.87 bits per heavy atom. The molecule has 2 unspecified atom stereocenters. The van der Waals surface area contributed by atoms with E-state index in [4.69, 9.17) is 9.15 Å². The van der Waals surface area contributed by atoms with Crippen LogP contribution in [0, 0.1) is 0 Å². The molecule has 3 heteroatoms. The van der Waals surface area contributed by atoms with E-state index < -0.39 is 0 Å². The molecule has 3 nitrogen and oxygen atoms in total. The molecule has 0 radical (unpaired) electrons. The van der Waals surface area contributed by atoms with E-state index in [1.807, 2.05) is 19.2 Å². The van der Waals surface area contributed by atoms with E-state index in [1.54, 1.807) is 6.26 Å². The van der Waals surface area contributed by atoms with Crippen LogP contribution < -0.4 is 5.32 Å². The number of hydrogen-bond acceptors (Lipinski definition) is 3. The topological polar surface area (TPSA) is 34.4 Å². The minimum absolute atomic E-state index is 0.134. The fourth-order valence-corrected chi connectivity index (χ4v) is 2.39. The molecule has 2 rings (SSSR count). The molecule has 1 aromatic rings. The Hall–Kier alpha value is -0.800.